The summed E-state index contributed by atoms with van der Waals surface area (Å²) in [5.74, 6) is -1.00. The third-order valence-electron chi connectivity index (χ3n) is 3.07. The number of hydrogen-bond acceptors (Lipinski definition) is 4. The molecule has 1 aromatic carbocycles. The molecule has 0 aromatic heterocycles. The van der Waals surface area contributed by atoms with Crippen LogP contribution >= 0.6 is 0 Å². The first-order valence-electron chi connectivity index (χ1n) is 6.10. The number of anilines is 1. The van der Waals surface area contributed by atoms with Crippen LogP contribution in [0.15, 0.2) is 24.3 Å². The van der Waals surface area contributed by atoms with Crippen molar-refractivity contribution in [2.24, 2.45) is 5.73 Å². The molecule has 1 amide bonds. The van der Waals surface area contributed by atoms with Crippen molar-refractivity contribution in [1.82, 2.24) is 0 Å². The van der Waals surface area contributed by atoms with E-state index in [2.05, 4.69) is 0 Å². The van der Waals surface area contributed by atoms with Crippen molar-refractivity contribution in [2.75, 3.05) is 11.4 Å². The van der Waals surface area contributed by atoms with Crippen LogP contribution in [0.1, 0.15) is 13.3 Å². The van der Waals surface area contributed by atoms with Gasteiger partial charge in [0, 0.05) is 0 Å². The zero-order valence-corrected chi connectivity index (χ0v) is 10.6. The summed E-state index contributed by atoms with van der Waals surface area (Å²) in [7, 11) is 0. The van der Waals surface area contributed by atoms with E-state index >= 15 is 0 Å². The van der Waals surface area contributed by atoms with Crippen LogP contribution in [0.2, 0.25) is 0 Å². The average Bonchev–Trinajstić information content (AvgIpc) is 2.44. The number of rotatable bonds is 3. The largest absolute Gasteiger partial charge is 0.478 e. The molecule has 2 atom stereocenters. The number of carboxylic acids is 1. The van der Waals surface area contributed by atoms with Gasteiger partial charge in [-0.1, -0.05) is 19.1 Å². The number of carbonyl (C=O) groups excluding carboxylic acids is 1. The Morgan fingerprint density at radius 3 is 2.84 bits per heavy atom. The molecule has 0 radical (unpaired) electrons. The highest BCUT2D eigenvalue weighted by molar-refractivity contribution is 5.99. The van der Waals surface area contributed by atoms with E-state index in [0.717, 1.165) is 0 Å². The zero-order chi connectivity index (χ0) is 14.0. The number of benzene rings is 1. The molecule has 0 fully saturated rings. The average molecular weight is 264 g/mol. The van der Waals surface area contributed by atoms with Crippen molar-refractivity contribution in [3.05, 3.63) is 24.3 Å². The van der Waals surface area contributed by atoms with Crippen molar-refractivity contribution in [3.8, 4) is 5.75 Å². The number of fused-ring (bicyclic) bond motifs is 1. The second-order valence-corrected chi connectivity index (χ2v) is 4.38. The Morgan fingerprint density at radius 1 is 1.53 bits per heavy atom. The number of ether oxygens (including phenoxy) is 1. The molecule has 2 rings (SSSR count). The maximum atomic E-state index is 12.2. The summed E-state index contributed by atoms with van der Waals surface area (Å²) in [6.45, 7) is 1.78. The molecule has 1 aliphatic rings. The van der Waals surface area contributed by atoms with Gasteiger partial charge in [-0.3, -0.25) is 4.79 Å². The molecule has 0 bridgehead atoms. The summed E-state index contributed by atoms with van der Waals surface area (Å²) in [6.07, 6.45) is -0.571. The molecule has 102 valence electrons. The first-order valence-corrected chi connectivity index (χ1v) is 6.10. The Bertz CT molecular complexity index is 503. The number of hydrogen-bond donors (Lipinski definition) is 2. The highest BCUT2D eigenvalue weighted by Crippen LogP contribution is 2.33. The van der Waals surface area contributed by atoms with E-state index in [0.29, 0.717) is 17.9 Å². The van der Waals surface area contributed by atoms with Crippen molar-refractivity contribution in [1.29, 1.82) is 0 Å². The standard InChI is InChI=1S/C13H16N2O4/c1-2-8(14)12(16)15-7-11(13(17)18)19-10-6-4-3-5-9(10)15/h3-6,8,11H,2,7,14H2,1H3,(H,17,18)/t8-,11?/m1/s1. The summed E-state index contributed by atoms with van der Waals surface area (Å²) in [6, 6.07) is 6.21. The minimum absolute atomic E-state index is 0.0289. The summed E-state index contributed by atoms with van der Waals surface area (Å²) in [5, 5.41) is 9.06. The molecule has 1 aliphatic heterocycles. The highest BCUT2D eigenvalue weighted by atomic mass is 16.5. The van der Waals surface area contributed by atoms with Gasteiger partial charge in [0.25, 0.3) is 0 Å². The van der Waals surface area contributed by atoms with Gasteiger partial charge in [-0.2, -0.15) is 0 Å². The van der Waals surface area contributed by atoms with E-state index < -0.39 is 18.1 Å². The molecule has 0 aliphatic carbocycles. The molecule has 1 aromatic rings. The van der Waals surface area contributed by atoms with E-state index in [4.69, 9.17) is 15.6 Å². The van der Waals surface area contributed by atoms with Gasteiger partial charge in [-0.15, -0.1) is 0 Å². The highest BCUT2D eigenvalue weighted by Gasteiger charge is 2.34. The molecule has 6 nitrogen and oxygen atoms in total. The number of carbonyl (C=O) groups is 2. The van der Waals surface area contributed by atoms with Crippen LogP contribution in [0.4, 0.5) is 5.69 Å². The van der Waals surface area contributed by atoms with E-state index in [1.807, 2.05) is 6.92 Å². The Labute approximate surface area is 110 Å². The van der Waals surface area contributed by atoms with Crippen molar-refractivity contribution >= 4 is 17.6 Å². The van der Waals surface area contributed by atoms with Gasteiger partial charge in [-0.05, 0) is 18.6 Å². The van der Waals surface area contributed by atoms with Gasteiger partial charge in [-0.25, -0.2) is 4.79 Å². The lowest BCUT2D eigenvalue weighted by atomic mass is 10.1. The van der Waals surface area contributed by atoms with E-state index in [-0.39, 0.29) is 12.5 Å². The number of aliphatic carboxylic acids is 1. The minimum atomic E-state index is -1.10. The first-order chi connectivity index (χ1) is 9.04. The summed E-state index contributed by atoms with van der Waals surface area (Å²) in [4.78, 5) is 24.7. The van der Waals surface area contributed by atoms with Crippen molar-refractivity contribution in [2.45, 2.75) is 25.5 Å². The van der Waals surface area contributed by atoms with E-state index in [1.54, 1.807) is 24.3 Å². The molecule has 6 heteroatoms. The van der Waals surface area contributed by atoms with Crippen molar-refractivity contribution < 1.29 is 19.4 Å². The maximum Gasteiger partial charge on any atom is 0.346 e. The normalized spacial score (nSPS) is 19.3. The van der Waals surface area contributed by atoms with E-state index in [1.165, 1.54) is 4.90 Å². The van der Waals surface area contributed by atoms with E-state index in [9.17, 15) is 9.59 Å². The molecule has 0 saturated carbocycles. The monoisotopic (exact) mass is 264 g/mol. The smallest absolute Gasteiger partial charge is 0.346 e. The molecular weight excluding hydrogens is 248 g/mol. The molecule has 1 heterocycles. The molecular formula is C13H16N2O4. The summed E-state index contributed by atoms with van der Waals surface area (Å²) >= 11 is 0. The fourth-order valence-electron chi connectivity index (χ4n) is 1.95. The van der Waals surface area contributed by atoms with Gasteiger partial charge in [0.15, 0.2) is 0 Å². The van der Waals surface area contributed by atoms with Gasteiger partial charge in [0.1, 0.15) is 5.75 Å². The molecule has 1 unspecified atom stereocenters. The third kappa shape index (κ3) is 2.53. The number of para-hydroxylation sites is 2. The Morgan fingerprint density at radius 2 is 2.21 bits per heavy atom. The van der Waals surface area contributed by atoms with Gasteiger partial charge < -0.3 is 20.5 Å². The second kappa shape index (κ2) is 5.27. The zero-order valence-electron chi connectivity index (χ0n) is 10.6. The van der Waals surface area contributed by atoms with Crippen LogP contribution in [-0.4, -0.2) is 35.7 Å². The lowest BCUT2D eigenvalue weighted by Crippen LogP contribution is -2.51. The van der Waals surface area contributed by atoms with Crippen LogP contribution in [0.25, 0.3) is 0 Å². The fraction of sp³-hybridized carbons (Fsp3) is 0.385. The molecule has 19 heavy (non-hydrogen) atoms. The Kier molecular flexibility index (Phi) is 3.71. The van der Waals surface area contributed by atoms with Crippen LogP contribution in [0, 0.1) is 0 Å². The SMILES string of the molecule is CC[C@@H](N)C(=O)N1CC(C(=O)O)Oc2ccccc21. The number of carboxylic acid groups (broad SMARTS) is 1. The predicted octanol–water partition coefficient (Wildman–Crippen LogP) is 0.603. The Hall–Kier alpha value is -2.08. The first kappa shape index (κ1) is 13.4. The Balaban J connectivity index is 2.36. The van der Waals surface area contributed by atoms with Crippen LogP contribution in [0.3, 0.4) is 0 Å². The summed E-state index contributed by atoms with van der Waals surface area (Å²) < 4.78 is 5.35. The number of amides is 1. The molecule has 0 saturated heterocycles. The summed E-state index contributed by atoms with van der Waals surface area (Å²) in [5.41, 5.74) is 6.31. The van der Waals surface area contributed by atoms with Gasteiger partial charge in [0.05, 0.1) is 18.3 Å². The lowest BCUT2D eigenvalue weighted by Gasteiger charge is -2.34. The quantitative estimate of drug-likeness (QED) is 0.834. The van der Waals surface area contributed by atoms with Crippen LogP contribution in [-0.2, 0) is 9.59 Å². The van der Waals surface area contributed by atoms with Crippen LogP contribution < -0.4 is 15.4 Å². The van der Waals surface area contributed by atoms with Crippen molar-refractivity contribution in [3.63, 3.8) is 0 Å². The van der Waals surface area contributed by atoms with Gasteiger partial charge in [0.2, 0.25) is 12.0 Å². The predicted molar refractivity (Wildman–Crippen MR) is 69.1 cm³/mol. The molecule has 0 spiro atoms. The maximum absolute atomic E-state index is 12.2. The van der Waals surface area contributed by atoms with Gasteiger partial charge >= 0.3 is 5.97 Å². The topological polar surface area (TPSA) is 92.9 Å². The van der Waals surface area contributed by atoms with Crippen LogP contribution in [0.5, 0.6) is 5.75 Å². The minimum Gasteiger partial charge on any atom is -0.478 e. The number of nitrogens with zero attached hydrogens (tertiary/aromatic N) is 1. The molecule has 3 N–H and O–H groups in total. The fourth-order valence-corrected chi connectivity index (χ4v) is 1.95. The number of nitrogens with two attached hydrogens (primary N) is 1. The second-order valence-electron chi connectivity index (χ2n) is 4.38. The third-order valence-corrected chi connectivity index (χ3v) is 3.07. The lowest BCUT2D eigenvalue weighted by molar-refractivity contribution is -0.145.